The fourth-order valence-electron chi connectivity index (χ4n) is 2.70. The molecule has 1 saturated heterocycles. The summed E-state index contributed by atoms with van der Waals surface area (Å²) in [4.78, 5) is 9.61. The number of thiophene rings is 1. The van der Waals surface area contributed by atoms with Crippen LogP contribution in [0.15, 0.2) is 30.5 Å². The molecule has 0 bridgehead atoms. The molecule has 3 rings (SSSR count). The highest BCUT2D eigenvalue weighted by molar-refractivity contribution is 7.15. The minimum atomic E-state index is 0.775. The van der Waals surface area contributed by atoms with Crippen LogP contribution in [0.25, 0.3) is 10.6 Å². The molecule has 2 N–H and O–H groups in total. The van der Waals surface area contributed by atoms with Crippen LogP contribution < -0.4 is 5.73 Å². The van der Waals surface area contributed by atoms with Crippen LogP contribution in [0, 0.1) is 0 Å². The molecule has 1 aliphatic rings. The number of likely N-dealkylation sites (tertiary alicyclic amines) is 1. The van der Waals surface area contributed by atoms with Gasteiger partial charge in [-0.3, -0.25) is 9.88 Å². The largest absolute Gasteiger partial charge is 0.399 e. The predicted octanol–water partition coefficient (Wildman–Crippen LogP) is 3.77. The van der Waals surface area contributed by atoms with Gasteiger partial charge < -0.3 is 5.73 Å². The summed E-state index contributed by atoms with van der Waals surface area (Å²) in [6.45, 7) is 3.56. The minimum absolute atomic E-state index is 0.775. The monoisotopic (exact) mass is 287 g/mol. The third-order valence-corrected chi connectivity index (χ3v) is 4.87. The molecule has 2 aromatic heterocycles. The Labute approximate surface area is 124 Å². The number of aromatic nitrogens is 1. The molecule has 0 radical (unpaired) electrons. The number of anilines is 1. The van der Waals surface area contributed by atoms with Crippen molar-refractivity contribution < 1.29 is 0 Å². The number of pyridine rings is 1. The van der Waals surface area contributed by atoms with Crippen molar-refractivity contribution in [3.63, 3.8) is 0 Å². The second-order valence-corrected chi connectivity index (χ2v) is 6.60. The maximum absolute atomic E-state index is 5.83. The highest BCUT2D eigenvalue weighted by Crippen LogP contribution is 2.28. The lowest BCUT2D eigenvalue weighted by Crippen LogP contribution is -2.23. The fraction of sp³-hybridized carbons (Fsp3) is 0.438. The first-order chi connectivity index (χ1) is 9.81. The highest BCUT2D eigenvalue weighted by Gasteiger charge is 2.11. The van der Waals surface area contributed by atoms with Crippen molar-refractivity contribution in [2.75, 3.05) is 18.8 Å². The van der Waals surface area contributed by atoms with E-state index in [9.17, 15) is 0 Å². The number of nitrogen functional groups attached to an aromatic ring is 1. The van der Waals surface area contributed by atoms with Crippen LogP contribution in [0.2, 0.25) is 0 Å². The van der Waals surface area contributed by atoms with E-state index in [4.69, 9.17) is 5.73 Å². The van der Waals surface area contributed by atoms with Gasteiger partial charge in [-0.1, -0.05) is 12.8 Å². The van der Waals surface area contributed by atoms with Gasteiger partial charge in [0.25, 0.3) is 0 Å². The summed E-state index contributed by atoms with van der Waals surface area (Å²) in [6, 6.07) is 8.17. The van der Waals surface area contributed by atoms with E-state index in [0.717, 1.165) is 17.9 Å². The Morgan fingerprint density at radius 1 is 1.10 bits per heavy atom. The quantitative estimate of drug-likeness (QED) is 0.934. The van der Waals surface area contributed by atoms with E-state index in [1.807, 2.05) is 23.5 Å². The van der Waals surface area contributed by atoms with Gasteiger partial charge >= 0.3 is 0 Å². The van der Waals surface area contributed by atoms with Gasteiger partial charge in [0.05, 0.1) is 10.6 Å². The van der Waals surface area contributed by atoms with Crippen molar-refractivity contribution in [3.8, 4) is 10.6 Å². The van der Waals surface area contributed by atoms with E-state index in [1.54, 1.807) is 6.20 Å². The SMILES string of the molecule is Nc1ccnc(-c2ccc(CN3CCCCCC3)s2)c1. The third-order valence-electron chi connectivity index (χ3n) is 3.78. The van der Waals surface area contributed by atoms with Crippen LogP contribution in [0.1, 0.15) is 30.6 Å². The summed E-state index contributed by atoms with van der Waals surface area (Å²) in [5.74, 6) is 0. The van der Waals surface area contributed by atoms with Gasteiger partial charge in [-0.15, -0.1) is 11.3 Å². The van der Waals surface area contributed by atoms with Gasteiger partial charge in [-0.2, -0.15) is 0 Å². The smallest absolute Gasteiger partial charge is 0.0822 e. The first kappa shape index (κ1) is 13.6. The lowest BCUT2D eigenvalue weighted by Gasteiger charge is -2.18. The van der Waals surface area contributed by atoms with Crippen molar-refractivity contribution in [2.45, 2.75) is 32.2 Å². The fourth-order valence-corrected chi connectivity index (χ4v) is 3.71. The molecular weight excluding hydrogens is 266 g/mol. The average molecular weight is 287 g/mol. The van der Waals surface area contributed by atoms with E-state index in [-0.39, 0.29) is 0 Å². The Hall–Kier alpha value is -1.39. The molecule has 106 valence electrons. The Morgan fingerprint density at radius 3 is 2.65 bits per heavy atom. The number of nitrogens with zero attached hydrogens (tertiary/aromatic N) is 2. The van der Waals surface area contributed by atoms with E-state index < -0.39 is 0 Å². The summed E-state index contributed by atoms with van der Waals surface area (Å²) < 4.78 is 0. The van der Waals surface area contributed by atoms with Crippen molar-refractivity contribution in [1.29, 1.82) is 0 Å². The molecule has 0 unspecified atom stereocenters. The summed E-state index contributed by atoms with van der Waals surface area (Å²) in [6.07, 6.45) is 7.24. The van der Waals surface area contributed by atoms with Crippen LogP contribution in [-0.2, 0) is 6.54 Å². The van der Waals surface area contributed by atoms with Crippen LogP contribution >= 0.6 is 11.3 Å². The average Bonchev–Trinajstić information content (AvgIpc) is 2.75. The lowest BCUT2D eigenvalue weighted by molar-refractivity contribution is 0.279. The second-order valence-electron chi connectivity index (χ2n) is 5.43. The van der Waals surface area contributed by atoms with Crippen molar-refractivity contribution in [2.24, 2.45) is 0 Å². The second kappa shape index (κ2) is 6.37. The maximum Gasteiger partial charge on any atom is 0.0822 e. The topological polar surface area (TPSA) is 42.1 Å². The summed E-state index contributed by atoms with van der Waals surface area (Å²) in [5.41, 5.74) is 7.58. The van der Waals surface area contributed by atoms with Crippen molar-refractivity contribution >= 4 is 17.0 Å². The summed E-state index contributed by atoms with van der Waals surface area (Å²) >= 11 is 1.84. The van der Waals surface area contributed by atoms with E-state index in [1.165, 1.54) is 48.5 Å². The minimum Gasteiger partial charge on any atom is -0.399 e. The van der Waals surface area contributed by atoms with Crippen LogP contribution in [-0.4, -0.2) is 23.0 Å². The van der Waals surface area contributed by atoms with Gasteiger partial charge in [0.15, 0.2) is 0 Å². The number of hydrogen-bond donors (Lipinski definition) is 1. The maximum atomic E-state index is 5.83. The van der Waals surface area contributed by atoms with E-state index in [2.05, 4.69) is 22.0 Å². The molecule has 3 heterocycles. The van der Waals surface area contributed by atoms with Crippen LogP contribution in [0.3, 0.4) is 0 Å². The molecule has 2 aromatic rings. The Bertz CT molecular complexity index is 556. The van der Waals surface area contributed by atoms with Crippen molar-refractivity contribution in [1.82, 2.24) is 9.88 Å². The summed E-state index contributed by atoms with van der Waals surface area (Å²) in [5, 5.41) is 0. The lowest BCUT2D eigenvalue weighted by atomic mass is 10.2. The first-order valence-electron chi connectivity index (χ1n) is 7.34. The Balaban J connectivity index is 1.70. The molecule has 4 heteroatoms. The molecule has 1 aliphatic heterocycles. The molecule has 0 spiro atoms. The zero-order chi connectivity index (χ0) is 13.8. The Kier molecular flexibility index (Phi) is 4.33. The summed E-state index contributed by atoms with van der Waals surface area (Å²) in [7, 11) is 0. The van der Waals surface area contributed by atoms with Crippen molar-refractivity contribution in [3.05, 3.63) is 35.3 Å². The molecule has 0 aromatic carbocycles. The molecule has 3 nitrogen and oxygen atoms in total. The molecule has 0 saturated carbocycles. The first-order valence-corrected chi connectivity index (χ1v) is 8.16. The zero-order valence-electron chi connectivity index (χ0n) is 11.7. The van der Waals surface area contributed by atoms with Crippen LogP contribution in [0.5, 0.6) is 0 Å². The normalized spacial score (nSPS) is 17.0. The zero-order valence-corrected chi connectivity index (χ0v) is 12.5. The molecule has 0 amide bonds. The van der Waals surface area contributed by atoms with Gasteiger partial charge in [0.1, 0.15) is 0 Å². The third kappa shape index (κ3) is 3.38. The van der Waals surface area contributed by atoms with Gasteiger partial charge in [0.2, 0.25) is 0 Å². The highest BCUT2D eigenvalue weighted by atomic mass is 32.1. The van der Waals surface area contributed by atoms with E-state index >= 15 is 0 Å². The Morgan fingerprint density at radius 2 is 1.90 bits per heavy atom. The number of rotatable bonds is 3. The van der Waals surface area contributed by atoms with Crippen LogP contribution in [0.4, 0.5) is 5.69 Å². The standard InChI is InChI=1S/C16H21N3S/c17-13-7-8-18-15(11-13)16-6-5-14(20-16)12-19-9-3-1-2-4-10-19/h5-8,11H,1-4,9-10,12H2,(H2,17,18). The number of hydrogen-bond acceptors (Lipinski definition) is 4. The predicted molar refractivity (Wildman–Crippen MR) is 85.7 cm³/mol. The van der Waals surface area contributed by atoms with E-state index in [0.29, 0.717) is 0 Å². The number of nitrogens with two attached hydrogens (primary N) is 1. The molecular formula is C16H21N3S. The van der Waals surface area contributed by atoms with Gasteiger partial charge in [-0.25, -0.2) is 0 Å². The van der Waals surface area contributed by atoms with Gasteiger partial charge in [0, 0.05) is 23.3 Å². The van der Waals surface area contributed by atoms with Gasteiger partial charge in [-0.05, 0) is 50.2 Å². The molecule has 0 aliphatic carbocycles. The molecule has 20 heavy (non-hydrogen) atoms. The molecule has 0 atom stereocenters. The molecule has 1 fully saturated rings.